The summed E-state index contributed by atoms with van der Waals surface area (Å²) in [6.07, 6.45) is 0.823. The van der Waals surface area contributed by atoms with Crippen LogP contribution in [-0.2, 0) is 11.3 Å². The molecule has 0 unspecified atom stereocenters. The third kappa shape index (κ3) is 4.13. The number of esters is 1. The van der Waals surface area contributed by atoms with E-state index in [-0.39, 0.29) is 5.97 Å². The first-order chi connectivity index (χ1) is 9.69. The minimum Gasteiger partial charge on any atom is -0.462 e. The van der Waals surface area contributed by atoms with Crippen LogP contribution in [-0.4, -0.2) is 12.6 Å². The van der Waals surface area contributed by atoms with E-state index in [2.05, 4.69) is 21.2 Å². The van der Waals surface area contributed by atoms with Gasteiger partial charge in [-0.1, -0.05) is 6.92 Å². The average molecular weight is 338 g/mol. The Morgan fingerprint density at radius 2 is 2.00 bits per heavy atom. The number of anilines is 1. The number of nitrogens with one attached hydrogen (secondary N) is 1. The molecule has 0 fully saturated rings. The minimum atomic E-state index is -0.284. The summed E-state index contributed by atoms with van der Waals surface area (Å²) < 4.78 is 11.2. The van der Waals surface area contributed by atoms with Gasteiger partial charge in [-0.2, -0.15) is 0 Å². The number of ether oxygens (including phenoxy) is 1. The van der Waals surface area contributed by atoms with Crippen molar-refractivity contribution in [3.63, 3.8) is 0 Å². The number of furan rings is 1. The van der Waals surface area contributed by atoms with Gasteiger partial charge in [-0.05, 0) is 58.7 Å². The zero-order valence-electron chi connectivity index (χ0n) is 11.2. The van der Waals surface area contributed by atoms with Crippen LogP contribution in [0.15, 0.2) is 45.5 Å². The molecule has 20 heavy (non-hydrogen) atoms. The molecule has 0 radical (unpaired) electrons. The Morgan fingerprint density at radius 3 is 2.60 bits per heavy atom. The topological polar surface area (TPSA) is 51.5 Å². The third-order valence-electron chi connectivity index (χ3n) is 2.65. The summed E-state index contributed by atoms with van der Waals surface area (Å²) in [7, 11) is 0. The second-order valence-electron chi connectivity index (χ2n) is 4.27. The number of rotatable bonds is 6. The highest BCUT2D eigenvalue weighted by atomic mass is 79.9. The molecule has 0 atom stereocenters. The van der Waals surface area contributed by atoms with E-state index in [0.717, 1.165) is 17.9 Å². The Bertz CT molecular complexity index is 563. The van der Waals surface area contributed by atoms with Crippen molar-refractivity contribution >= 4 is 27.6 Å². The highest BCUT2D eigenvalue weighted by molar-refractivity contribution is 9.10. The molecular formula is C15H16BrNO3. The van der Waals surface area contributed by atoms with E-state index in [4.69, 9.17) is 9.15 Å². The van der Waals surface area contributed by atoms with Crippen molar-refractivity contribution in [2.45, 2.75) is 19.9 Å². The van der Waals surface area contributed by atoms with Gasteiger partial charge >= 0.3 is 5.97 Å². The smallest absolute Gasteiger partial charge is 0.338 e. The minimum absolute atomic E-state index is 0.284. The van der Waals surface area contributed by atoms with Crippen LogP contribution in [0.3, 0.4) is 0 Å². The zero-order valence-corrected chi connectivity index (χ0v) is 12.8. The van der Waals surface area contributed by atoms with Crippen LogP contribution in [0.5, 0.6) is 0 Å². The summed E-state index contributed by atoms with van der Waals surface area (Å²) in [6, 6.07) is 10.9. The SMILES string of the molecule is CCCOC(=O)c1ccc(NCc2ccc(Br)o2)cc1. The van der Waals surface area contributed by atoms with Gasteiger partial charge in [0.15, 0.2) is 4.67 Å². The molecule has 0 aliphatic heterocycles. The largest absolute Gasteiger partial charge is 0.462 e. The van der Waals surface area contributed by atoms with Crippen LogP contribution in [0.25, 0.3) is 0 Å². The summed E-state index contributed by atoms with van der Waals surface area (Å²) in [5, 5.41) is 3.22. The van der Waals surface area contributed by atoms with E-state index in [9.17, 15) is 4.79 Å². The van der Waals surface area contributed by atoms with E-state index in [1.54, 1.807) is 12.1 Å². The fraction of sp³-hybridized carbons (Fsp3) is 0.267. The van der Waals surface area contributed by atoms with E-state index in [0.29, 0.717) is 23.4 Å². The standard InChI is InChI=1S/C15H16BrNO3/c1-2-9-19-15(18)11-3-5-12(6-4-11)17-10-13-7-8-14(16)20-13/h3-8,17H,2,9-10H2,1H3. The first-order valence-electron chi connectivity index (χ1n) is 6.44. The van der Waals surface area contributed by atoms with Crippen LogP contribution in [0, 0.1) is 0 Å². The zero-order chi connectivity index (χ0) is 14.4. The molecule has 0 saturated heterocycles. The van der Waals surface area contributed by atoms with E-state index in [1.165, 1.54) is 0 Å². The van der Waals surface area contributed by atoms with Crippen molar-refractivity contribution in [1.29, 1.82) is 0 Å². The van der Waals surface area contributed by atoms with Gasteiger partial charge in [0.1, 0.15) is 5.76 Å². The maximum Gasteiger partial charge on any atom is 0.338 e. The molecule has 1 N–H and O–H groups in total. The van der Waals surface area contributed by atoms with Crippen molar-refractivity contribution < 1.29 is 13.9 Å². The van der Waals surface area contributed by atoms with Crippen LogP contribution in [0.1, 0.15) is 29.5 Å². The molecule has 5 heteroatoms. The van der Waals surface area contributed by atoms with Gasteiger partial charge in [-0.15, -0.1) is 0 Å². The van der Waals surface area contributed by atoms with Gasteiger partial charge < -0.3 is 14.5 Å². The van der Waals surface area contributed by atoms with E-state index < -0.39 is 0 Å². The van der Waals surface area contributed by atoms with Crippen LogP contribution in [0.2, 0.25) is 0 Å². The second kappa shape index (κ2) is 7.14. The normalized spacial score (nSPS) is 10.3. The van der Waals surface area contributed by atoms with Crippen LogP contribution < -0.4 is 5.32 Å². The molecule has 4 nitrogen and oxygen atoms in total. The maximum atomic E-state index is 11.6. The molecule has 1 aromatic carbocycles. The number of hydrogen-bond acceptors (Lipinski definition) is 4. The lowest BCUT2D eigenvalue weighted by Crippen LogP contribution is -2.06. The maximum absolute atomic E-state index is 11.6. The predicted octanol–water partition coefficient (Wildman–Crippen LogP) is 4.22. The van der Waals surface area contributed by atoms with Gasteiger partial charge in [-0.25, -0.2) is 4.79 Å². The Morgan fingerprint density at radius 1 is 1.25 bits per heavy atom. The molecule has 0 aliphatic rings. The van der Waals surface area contributed by atoms with E-state index in [1.807, 2.05) is 31.2 Å². The molecule has 0 spiro atoms. The molecule has 0 saturated carbocycles. The average Bonchev–Trinajstić information content (AvgIpc) is 2.89. The quantitative estimate of drug-likeness (QED) is 0.801. The summed E-state index contributed by atoms with van der Waals surface area (Å²) in [6.45, 7) is 3.00. The van der Waals surface area contributed by atoms with Crippen LogP contribution in [0.4, 0.5) is 5.69 Å². The van der Waals surface area contributed by atoms with Gasteiger partial charge in [0, 0.05) is 5.69 Å². The summed E-state index contributed by atoms with van der Waals surface area (Å²) in [5.41, 5.74) is 1.48. The predicted molar refractivity (Wildman–Crippen MR) is 80.8 cm³/mol. The van der Waals surface area contributed by atoms with E-state index >= 15 is 0 Å². The molecule has 106 valence electrons. The van der Waals surface area contributed by atoms with Gasteiger partial charge in [0.2, 0.25) is 0 Å². The molecule has 0 bridgehead atoms. The monoisotopic (exact) mass is 337 g/mol. The lowest BCUT2D eigenvalue weighted by Gasteiger charge is -2.06. The van der Waals surface area contributed by atoms with Crippen molar-refractivity contribution in [3.05, 3.63) is 52.4 Å². The highest BCUT2D eigenvalue weighted by Gasteiger charge is 2.06. The van der Waals surface area contributed by atoms with Crippen molar-refractivity contribution in [3.8, 4) is 0 Å². The van der Waals surface area contributed by atoms with Crippen molar-refractivity contribution in [2.24, 2.45) is 0 Å². The Hall–Kier alpha value is -1.75. The molecule has 2 aromatic rings. The Kier molecular flexibility index (Phi) is 5.24. The first-order valence-corrected chi connectivity index (χ1v) is 7.23. The number of benzene rings is 1. The fourth-order valence-electron chi connectivity index (χ4n) is 1.64. The van der Waals surface area contributed by atoms with Crippen LogP contribution >= 0.6 is 15.9 Å². The number of carbonyl (C=O) groups is 1. The number of halogens is 1. The summed E-state index contributed by atoms with van der Waals surface area (Å²) in [4.78, 5) is 11.6. The second-order valence-corrected chi connectivity index (χ2v) is 5.05. The van der Waals surface area contributed by atoms with Crippen molar-refractivity contribution in [2.75, 3.05) is 11.9 Å². The number of hydrogen-bond donors (Lipinski definition) is 1. The number of carbonyl (C=O) groups excluding carboxylic acids is 1. The molecule has 1 aromatic heterocycles. The Balaban J connectivity index is 1.89. The molecule has 0 amide bonds. The Labute approximate surface area is 126 Å². The third-order valence-corrected chi connectivity index (χ3v) is 3.08. The molecule has 0 aliphatic carbocycles. The lowest BCUT2D eigenvalue weighted by atomic mass is 10.2. The van der Waals surface area contributed by atoms with Gasteiger partial charge in [0.05, 0.1) is 18.7 Å². The molecule has 2 rings (SSSR count). The molecule has 1 heterocycles. The molecular weight excluding hydrogens is 322 g/mol. The lowest BCUT2D eigenvalue weighted by molar-refractivity contribution is 0.0505. The summed E-state index contributed by atoms with van der Waals surface area (Å²) >= 11 is 3.26. The fourth-order valence-corrected chi connectivity index (χ4v) is 1.98. The highest BCUT2D eigenvalue weighted by Crippen LogP contribution is 2.16. The summed E-state index contributed by atoms with van der Waals surface area (Å²) in [5.74, 6) is 0.552. The van der Waals surface area contributed by atoms with Crippen molar-refractivity contribution in [1.82, 2.24) is 0 Å². The van der Waals surface area contributed by atoms with Gasteiger partial charge in [-0.3, -0.25) is 0 Å². The van der Waals surface area contributed by atoms with Gasteiger partial charge in [0.25, 0.3) is 0 Å². The first kappa shape index (κ1) is 14.7.